The van der Waals surface area contributed by atoms with E-state index in [1.165, 1.54) is 17.3 Å². The van der Waals surface area contributed by atoms with Crippen LogP contribution in [-0.4, -0.2) is 71.4 Å². The van der Waals surface area contributed by atoms with Crippen LogP contribution in [0, 0.1) is 0 Å². The zero-order valence-electron chi connectivity index (χ0n) is 19.9. The maximum Gasteiger partial charge on any atom is 0.232 e. The van der Waals surface area contributed by atoms with E-state index in [0.29, 0.717) is 17.3 Å². The SMILES string of the molecule is COc1ccc(SCC(=O)N2CCCN(Cc3nccn3Cc3ccccc3)CC2)cc1OC. The van der Waals surface area contributed by atoms with E-state index < -0.39 is 0 Å². The van der Waals surface area contributed by atoms with Gasteiger partial charge >= 0.3 is 0 Å². The molecule has 1 aromatic heterocycles. The Morgan fingerprint density at radius 3 is 2.59 bits per heavy atom. The van der Waals surface area contributed by atoms with Gasteiger partial charge in [0.05, 0.1) is 26.5 Å². The van der Waals surface area contributed by atoms with Crippen LogP contribution in [0.25, 0.3) is 0 Å². The molecule has 34 heavy (non-hydrogen) atoms. The predicted molar refractivity (Wildman–Crippen MR) is 135 cm³/mol. The van der Waals surface area contributed by atoms with Crippen LogP contribution in [0.3, 0.4) is 0 Å². The molecule has 1 fully saturated rings. The van der Waals surface area contributed by atoms with Gasteiger partial charge in [-0.15, -0.1) is 11.8 Å². The first kappa shape index (κ1) is 24.2. The zero-order valence-corrected chi connectivity index (χ0v) is 20.7. The first-order valence-electron chi connectivity index (χ1n) is 11.5. The minimum Gasteiger partial charge on any atom is -0.493 e. The molecule has 0 aliphatic carbocycles. The Labute approximate surface area is 205 Å². The highest BCUT2D eigenvalue weighted by Crippen LogP contribution is 2.32. The number of ether oxygens (including phenoxy) is 2. The third-order valence-corrected chi connectivity index (χ3v) is 7.00. The number of thioether (sulfide) groups is 1. The van der Waals surface area contributed by atoms with Crippen molar-refractivity contribution in [1.82, 2.24) is 19.4 Å². The van der Waals surface area contributed by atoms with Crippen molar-refractivity contribution in [2.45, 2.75) is 24.4 Å². The van der Waals surface area contributed by atoms with E-state index in [1.807, 2.05) is 41.6 Å². The van der Waals surface area contributed by atoms with Crippen molar-refractivity contribution in [1.29, 1.82) is 0 Å². The number of carbonyl (C=O) groups is 1. The minimum atomic E-state index is 0.173. The molecule has 0 N–H and O–H groups in total. The molecule has 180 valence electrons. The molecule has 4 rings (SSSR count). The number of aromatic nitrogens is 2. The third kappa shape index (κ3) is 6.33. The van der Waals surface area contributed by atoms with Crippen LogP contribution in [0.1, 0.15) is 17.8 Å². The number of carbonyl (C=O) groups excluding carboxylic acids is 1. The van der Waals surface area contributed by atoms with Gasteiger partial charge in [-0.25, -0.2) is 4.98 Å². The molecule has 1 amide bonds. The molecular formula is C26H32N4O3S. The standard InChI is InChI=1S/C26H32N4O3S/c1-32-23-10-9-22(17-24(23)33-2)34-20-26(31)29-13-6-12-28(15-16-29)19-25-27-11-14-30(25)18-21-7-4-3-5-8-21/h3-5,7-11,14,17H,6,12-13,15-16,18-20H2,1-2H3. The molecule has 0 radical (unpaired) electrons. The maximum absolute atomic E-state index is 12.9. The summed E-state index contributed by atoms with van der Waals surface area (Å²) >= 11 is 1.53. The summed E-state index contributed by atoms with van der Waals surface area (Å²) in [7, 11) is 3.24. The quantitative estimate of drug-likeness (QED) is 0.435. The van der Waals surface area contributed by atoms with E-state index in [9.17, 15) is 4.79 Å². The second-order valence-electron chi connectivity index (χ2n) is 8.27. The highest BCUT2D eigenvalue weighted by molar-refractivity contribution is 8.00. The summed E-state index contributed by atoms with van der Waals surface area (Å²) < 4.78 is 12.9. The Kier molecular flexibility index (Phi) is 8.49. The number of hydrogen-bond acceptors (Lipinski definition) is 6. The number of imidazole rings is 1. The normalized spacial score (nSPS) is 14.6. The fraction of sp³-hybridized carbons (Fsp3) is 0.385. The maximum atomic E-state index is 12.9. The first-order valence-corrected chi connectivity index (χ1v) is 12.5. The summed E-state index contributed by atoms with van der Waals surface area (Å²) in [6.07, 6.45) is 4.88. The molecular weight excluding hydrogens is 448 g/mol. The Morgan fingerprint density at radius 2 is 1.79 bits per heavy atom. The molecule has 8 heteroatoms. The number of benzene rings is 2. The van der Waals surface area contributed by atoms with Crippen LogP contribution < -0.4 is 9.47 Å². The number of nitrogens with zero attached hydrogens (tertiary/aromatic N) is 4. The molecule has 0 unspecified atom stereocenters. The van der Waals surface area contributed by atoms with Crippen LogP contribution >= 0.6 is 11.8 Å². The Bertz CT molecular complexity index is 1070. The lowest BCUT2D eigenvalue weighted by Crippen LogP contribution is -2.36. The third-order valence-electron chi connectivity index (χ3n) is 6.02. The summed E-state index contributed by atoms with van der Waals surface area (Å²) in [6.45, 7) is 4.96. The van der Waals surface area contributed by atoms with Crippen LogP contribution in [-0.2, 0) is 17.9 Å². The van der Waals surface area contributed by atoms with Gasteiger partial charge in [0, 0.05) is 50.0 Å². The minimum absolute atomic E-state index is 0.173. The van der Waals surface area contributed by atoms with Crippen molar-refractivity contribution in [3.63, 3.8) is 0 Å². The summed E-state index contributed by atoms with van der Waals surface area (Å²) in [4.78, 5) is 22.9. The topological polar surface area (TPSA) is 59.8 Å². The van der Waals surface area contributed by atoms with Gasteiger partial charge in [0.25, 0.3) is 0 Å². The van der Waals surface area contributed by atoms with Crippen molar-refractivity contribution in [2.75, 3.05) is 46.2 Å². The van der Waals surface area contributed by atoms with Gasteiger partial charge in [0.1, 0.15) is 5.82 Å². The lowest BCUT2D eigenvalue weighted by Gasteiger charge is -2.22. The van der Waals surface area contributed by atoms with Crippen molar-refractivity contribution < 1.29 is 14.3 Å². The van der Waals surface area contributed by atoms with Gasteiger partial charge in [-0.2, -0.15) is 0 Å². The molecule has 1 aliphatic heterocycles. The van der Waals surface area contributed by atoms with Gasteiger partial charge < -0.3 is 18.9 Å². The molecule has 0 atom stereocenters. The Hall–Kier alpha value is -2.97. The smallest absolute Gasteiger partial charge is 0.232 e. The van der Waals surface area contributed by atoms with Crippen molar-refractivity contribution in [3.8, 4) is 11.5 Å². The summed E-state index contributed by atoms with van der Waals surface area (Å²) in [5, 5.41) is 0. The Morgan fingerprint density at radius 1 is 0.971 bits per heavy atom. The van der Waals surface area contributed by atoms with Crippen LogP contribution in [0.15, 0.2) is 65.8 Å². The lowest BCUT2D eigenvalue weighted by atomic mass is 10.2. The highest BCUT2D eigenvalue weighted by atomic mass is 32.2. The number of methoxy groups -OCH3 is 2. The average molecular weight is 481 g/mol. The van der Waals surface area contributed by atoms with Gasteiger partial charge in [-0.1, -0.05) is 30.3 Å². The monoisotopic (exact) mass is 480 g/mol. The van der Waals surface area contributed by atoms with E-state index in [0.717, 1.165) is 56.4 Å². The fourth-order valence-corrected chi connectivity index (χ4v) is 4.96. The number of hydrogen-bond donors (Lipinski definition) is 0. The van der Waals surface area contributed by atoms with Gasteiger partial charge in [0.2, 0.25) is 5.91 Å². The molecule has 2 aromatic carbocycles. The number of rotatable bonds is 9. The van der Waals surface area contributed by atoms with Crippen LogP contribution in [0.5, 0.6) is 11.5 Å². The second-order valence-corrected chi connectivity index (χ2v) is 9.32. The average Bonchev–Trinajstić information content (AvgIpc) is 3.16. The highest BCUT2D eigenvalue weighted by Gasteiger charge is 2.20. The van der Waals surface area contributed by atoms with Gasteiger partial charge in [-0.05, 0) is 30.2 Å². The predicted octanol–water partition coefficient (Wildman–Crippen LogP) is 3.78. The van der Waals surface area contributed by atoms with E-state index >= 15 is 0 Å². The zero-order chi connectivity index (χ0) is 23.8. The molecule has 1 aliphatic rings. The van der Waals surface area contributed by atoms with Crippen molar-refractivity contribution in [2.24, 2.45) is 0 Å². The van der Waals surface area contributed by atoms with Gasteiger partial charge in [0.15, 0.2) is 11.5 Å². The first-order chi connectivity index (χ1) is 16.7. The summed E-state index contributed by atoms with van der Waals surface area (Å²) in [6, 6.07) is 16.2. The fourth-order valence-electron chi connectivity index (χ4n) is 4.14. The van der Waals surface area contributed by atoms with E-state index in [4.69, 9.17) is 9.47 Å². The van der Waals surface area contributed by atoms with Crippen molar-refractivity contribution >= 4 is 17.7 Å². The lowest BCUT2D eigenvalue weighted by molar-refractivity contribution is -0.128. The van der Waals surface area contributed by atoms with E-state index in [-0.39, 0.29) is 5.91 Å². The van der Waals surface area contributed by atoms with Crippen LogP contribution in [0.2, 0.25) is 0 Å². The van der Waals surface area contributed by atoms with Crippen molar-refractivity contribution in [3.05, 3.63) is 72.3 Å². The number of amides is 1. The van der Waals surface area contributed by atoms with E-state index in [2.05, 4.69) is 38.7 Å². The Balaban J connectivity index is 1.28. The van der Waals surface area contributed by atoms with Gasteiger partial charge in [-0.3, -0.25) is 9.69 Å². The molecule has 7 nitrogen and oxygen atoms in total. The molecule has 0 spiro atoms. The summed E-state index contributed by atoms with van der Waals surface area (Å²) in [5.41, 5.74) is 1.27. The molecule has 0 saturated carbocycles. The van der Waals surface area contributed by atoms with Crippen LogP contribution in [0.4, 0.5) is 0 Å². The molecule has 3 aromatic rings. The molecule has 2 heterocycles. The second kappa shape index (κ2) is 11.9. The molecule has 1 saturated heterocycles. The molecule has 0 bridgehead atoms. The summed E-state index contributed by atoms with van der Waals surface area (Å²) in [5.74, 6) is 3.02. The van der Waals surface area contributed by atoms with E-state index in [1.54, 1.807) is 14.2 Å². The largest absolute Gasteiger partial charge is 0.493 e.